The lowest BCUT2D eigenvalue weighted by Gasteiger charge is -2.30. The van der Waals surface area contributed by atoms with Crippen LogP contribution in [-0.2, 0) is 10.0 Å². The molecule has 6 heteroatoms. The highest BCUT2D eigenvalue weighted by molar-refractivity contribution is 9.10. The molecule has 0 spiro atoms. The highest BCUT2D eigenvalue weighted by atomic mass is 79.9. The molecule has 3 nitrogen and oxygen atoms in total. The van der Waals surface area contributed by atoms with Crippen molar-refractivity contribution < 1.29 is 8.42 Å². The summed E-state index contributed by atoms with van der Waals surface area (Å²) >= 11 is 6.68. The lowest BCUT2D eigenvalue weighted by Crippen LogP contribution is -2.48. The summed E-state index contributed by atoms with van der Waals surface area (Å²) in [6.07, 6.45) is 1.48. The van der Waals surface area contributed by atoms with Gasteiger partial charge in [0, 0.05) is 15.3 Å². The minimum absolute atomic E-state index is 0.282. The van der Waals surface area contributed by atoms with Gasteiger partial charge >= 0.3 is 0 Å². The van der Waals surface area contributed by atoms with Crippen LogP contribution < -0.4 is 4.72 Å². The predicted molar refractivity (Wildman–Crippen MR) is 81.6 cm³/mol. The molecule has 1 rings (SSSR count). The van der Waals surface area contributed by atoms with Crippen LogP contribution in [0.15, 0.2) is 33.6 Å². The van der Waals surface area contributed by atoms with Crippen molar-refractivity contribution in [2.75, 3.05) is 5.33 Å². The molecule has 18 heavy (non-hydrogen) atoms. The lowest BCUT2D eigenvalue weighted by atomic mass is 9.97. The summed E-state index contributed by atoms with van der Waals surface area (Å²) in [5, 5.41) is 0.597. The van der Waals surface area contributed by atoms with Gasteiger partial charge in [-0.2, -0.15) is 0 Å². The Bertz CT molecular complexity index is 490. The molecule has 0 atom stereocenters. The first kappa shape index (κ1) is 16.1. The van der Waals surface area contributed by atoms with Gasteiger partial charge in [-0.1, -0.05) is 51.8 Å². The third-order valence-corrected chi connectivity index (χ3v) is 6.21. The van der Waals surface area contributed by atoms with Crippen molar-refractivity contribution in [3.05, 3.63) is 28.7 Å². The third-order valence-electron chi connectivity index (χ3n) is 3.07. The lowest BCUT2D eigenvalue weighted by molar-refractivity contribution is 0.398. The minimum Gasteiger partial charge on any atom is -0.207 e. The minimum atomic E-state index is -3.49. The molecule has 1 aromatic rings. The highest BCUT2D eigenvalue weighted by Gasteiger charge is 2.31. The topological polar surface area (TPSA) is 46.2 Å². The second kappa shape index (κ2) is 6.50. The molecule has 0 aliphatic rings. The second-order valence-corrected chi connectivity index (χ2v) is 7.34. The summed E-state index contributed by atoms with van der Waals surface area (Å²) in [6.45, 7) is 3.96. The zero-order valence-corrected chi connectivity index (χ0v) is 14.4. The summed E-state index contributed by atoms with van der Waals surface area (Å²) in [4.78, 5) is 0.282. The van der Waals surface area contributed by atoms with Crippen molar-refractivity contribution >= 4 is 41.9 Å². The molecule has 0 heterocycles. The van der Waals surface area contributed by atoms with Crippen molar-refractivity contribution in [3.63, 3.8) is 0 Å². The molecule has 1 N–H and O–H groups in total. The van der Waals surface area contributed by atoms with E-state index in [1.54, 1.807) is 24.3 Å². The Morgan fingerprint density at radius 2 is 1.89 bits per heavy atom. The zero-order chi connectivity index (χ0) is 13.8. The Morgan fingerprint density at radius 3 is 2.33 bits per heavy atom. The largest absolute Gasteiger partial charge is 0.241 e. The molecule has 0 aliphatic heterocycles. The molecule has 102 valence electrons. The molecule has 0 fully saturated rings. The molecule has 0 saturated heterocycles. The maximum absolute atomic E-state index is 12.3. The van der Waals surface area contributed by atoms with Gasteiger partial charge < -0.3 is 0 Å². The van der Waals surface area contributed by atoms with E-state index in [0.717, 1.165) is 17.3 Å². The van der Waals surface area contributed by atoms with Crippen LogP contribution in [0.25, 0.3) is 0 Å². The first-order chi connectivity index (χ1) is 8.39. The van der Waals surface area contributed by atoms with Gasteiger partial charge in [-0.25, -0.2) is 13.1 Å². The van der Waals surface area contributed by atoms with Crippen molar-refractivity contribution in [3.8, 4) is 0 Å². The predicted octanol–water partition coefficient (Wildman–Crippen LogP) is 3.68. The number of hydrogen-bond acceptors (Lipinski definition) is 2. The quantitative estimate of drug-likeness (QED) is 0.742. The average Bonchev–Trinajstić information content (AvgIpc) is 2.36. The summed E-state index contributed by atoms with van der Waals surface area (Å²) in [5.74, 6) is 0. The molecule has 0 saturated carbocycles. The average molecular weight is 399 g/mol. The number of rotatable bonds is 6. The van der Waals surface area contributed by atoms with Gasteiger partial charge in [0.2, 0.25) is 10.0 Å². The Kier molecular flexibility index (Phi) is 5.83. The van der Waals surface area contributed by atoms with Gasteiger partial charge in [0.1, 0.15) is 0 Å². The van der Waals surface area contributed by atoms with Gasteiger partial charge in [-0.3, -0.25) is 0 Å². The SMILES string of the molecule is CCC(CC)(CBr)NS(=O)(=O)c1cccc(Br)c1. The Hall–Kier alpha value is 0.0900. The van der Waals surface area contributed by atoms with E-state index in [0.29, 0.717) is 5.33 Å². The molecule has 1 aromatic carbocycles. The number of benzene rings is 1. The van der Waals surface area contributed by atoms with E-state index >= 15 is 0 Å². The van der Waals surface area contributed by atoms with Gasteiger partial charge in [0.05, 0.1) is 4.90 Å². The normalized spacial score (nSPS) is 12.7. The van der Waals surface area contributed by atoms with Crippen LogP contribution in [-0.4, -0.2) is 19.3 Å². The van der Waals surface area contributed by atoms with Crippen LogP contribution in [0, 0.1) is 0 Å². The van der Waals surface area contributed by atoms with Crippen LogP contribution in [0.2, 0.25) is 0 Å². The van der Waals surface area contributed by atoms with Crippen LogP contribution in [0.1, 0.15) is 26.7 Å². The molecule has 0 bridgehead atoms. The van der Waals surface area contributed by atoms with Gasteiger partial charge in [-0.15, -0.1) is 0 Å². The standard InChI is InChI=1S/C12H17Br2NO2S/c1-3-12(4-2,9-13)15-18(16,17)11-7-5-6-10(14)8-11/h5-8,15H,3-4,9H2,1-2H3. The van der Waals surface area contributed by atoms with E-state index in [9.17, 15) is 8.42 Å². The Morgan fingerprint density at radius 1 is 1.28 bits per heavy atom. The van der Waals surface area contributed by atoms with Crippen molar-refractivity contribution in [2.24, 2.45) is 0 Å². The Balaban J connectivity index is 3.08. The molecule has 0 aliphatic carbocycles. The number of sulfonamides is 1. The van der Waals surface area contributed by atoms with Crippen LogP contribution in [0.5, 0.6) is 0 Å². The molecule has 0 radical (unpaired) electrons. The first-order valence-electron chi connectivity index (χ1n) is 5.74. The number of nitrogens with one attached hydrogen (secondary N) is 1. The molecular formula is C12H17Br2NO2S. The highest BCUT2D eigenvalue weighted by Crippen LogP contribution is 2.23. The molecule has 0 aromatic heterocycles. The third kappa shape index (κ3) is 3.79. The van der Waals surface area contributed by atoms with Crippen molar-refractivity contribution in [2.45, 2.75) is 37.1 Å². The van der Waals surface area contributed by atoms with Crippen molar-refractivity contribution in [1.82, 2.24) is 4.72 Å². The monoisotopic (exact) mass is 397 g/mol. The van der Waals surface area contributed by atoms with Crippen LogP contribution in [0.3, 0.4) is 0 Å². The molecule has 0 amide bonds. The molecule has 0 unspecified atom stereocenters. The van der Waals surface area contributed by atoms with Gasteiger partial charge in [-0.05, 0) is 31.0 Å². The summed E-state index contributed by atoms with van der Waals surface area (Å²) < 4.78 is 28.2. The summed E-state index contributed by atoms with van der Waals surface area (Å²) in [5.41, 5.74) is -0.429. The number of alkyl halides is 1. The fourth-order valence-corrected chi connectivity index (χ4v) is 4.85. The van der Waals surface area contributed by atoms with Gasteiger partial charge in [0.25, 0.3) is 0 Å². The van der Waals surface area contributed by atoms with E-state index in [1.807, 2.05) is 13.8 Å². The fourth-order valence-electron chi connectivity index (χ4n) is 1.59. The maximum atomic E-state index is 12.3. The fraction of sp³-hybridized carbons (Fsp3) is 0.500. The van der Waals surface area contributed by atoms with E-state index in [4.69, 9.17) is 0 Å². The van der Waals surface area contributed by atoms with Crippen molar-refractivity contribution in [1.29, 1.82) is 0 Å². The summed E-state index contributed by atoms with van der Waals surface area (Å²) in [7, 11) is -3.49. The van der Waals surface area contributed by atoms with E-state index in [1.165, 1.54) is 0 Å². The summed E-state index contributed by atoms with van der Waals surface area (Å²) in [6, 6.07) is 6.72. The maximum Gasteiger partial charge on any atom is 0.241 e. The van der Waals surface area contributed by atoms with E-state index < -0.39 is 15.6 Å². The number of halogens is 2. The zero-order valence-electron chi connectivity index (χ0n) is 10.4. The van der Waals surface area contributed by atoms with Crippen LogP contribution in [0.4, 0.5) is 0 Å². The smallest absolute Gasteiger partial charge is 0.207 e. The second-order valence-electron chi connectivity index (χ2n) is 4.18. The van der Waals surface area contributed by atoms with E-state index in [-0.39, 0.29) is 4.90 Å². The first-order valence-corrected chi connectivity index (χ1v) is 9.14. The number of hydrogen-bond donors (Lipinski definition) is 1. The van der Waals surface area contributed by atoms with E-state index in [2.05, 4.69) is 36.6 Å². The van der Waals surface area contributed by atoms with Gasteiger partial charge in [0.15, 0.2) is 0 Å². The van der Waals surface area contributed by atoms with Crippen LogP contribution >= 0.6 is 31.9 Å². The molecular weight excluding hydrogens is 382 g/mol. The Labute approximate surface area is 126 Å².